The molecule has 70 heavy (non-hydrogen) atoms. The Kier molecular flexibility index (Phi) is 16.9. The fraction of sp³-hybridized carbons (Fsp3) is 0.818. The van der Waals surface area contributed by atoms with Crippen molar-refractivity contribution in [2.24, 2.45) is 17.8 Å². The van der Waals surface area contributed by atoms with Gasteiger partial charge in [0.05, 0.1) is 97.5 Å². The number of aryl methyl sites for hydroxylation is 4. The van der Waals surface area contributed by atoms with Crippen molar-refractivity contribution in [2.45, 2.75) is 176 Å². The highest BCUT2D eigenvalue weighted by molar-refractivity contribution is 5.07. The van der Waals surface area contributed by atoms with Gasteiger partial charge in [-0.15, -0.1) is 20.4 Å². The maximum Gasteiger partial charge on any atom is 0.109 e. The molecule has 0 aromatic carbocycles. The van der Waals surface area contributed by atoms with Crippen molar-refractivity contribution in [1.29, 1.82) is 0 Å². The molecule has 4 aromatic heterocycles. The molecule has 0 radical (unpaired) electrons. The molecule has 26 nitrogen and oxygen atoms in total. The molecule has 0 unspecified atom stereocenters. The van der Waals surface area contributed by atoms with Crippen LogP contribution in [0.1, 0.15) is 95.3 Å². The van der Waals surface area contributed by atoms with E-state index in [1.807, 2.05) is 0 Å². The highest BCUT2D eigenvalue weighted by atomic mass is 16.5. The zero-order valence-corrected chi connectivity index (χ0v) is 40.5. The molecule has 15 atom stereocenters. The molecule has 7 rings (SSSR count). The summed E-state index contributed by atoms with van der Waals surface area (Å²) in [6.45, 7) is 7.88. The van der Waals surface area contributed by atoms with Crippen molar-refractivity contribution in [3.05, 3.63) is 47.6 Å². The molecule has 0 aliphatic carbocycles. The highest BCUT2D eigenvalue weighted by Gasteiger charge is 2.53. The van der Waals surface area contributed by atoms with Crippen LogP contribution in [0.15, 0.2) is 24.8 Å². The summed E-state index contributed by atoms with van der Waals surface area (Å²) in [7, 11) is 0. The van der Waals surface area contributed by atoms with Gasteiger partial charge in [0.1, 0.15) is 54.7 Å². The van der Waals surface area contributed by atoms with E-state index in [9.17, 15) is 56.2 Å². The summed E-state index contributed by atoms with van der Waals surface area (Å²) >= 11 is 0. The van der Waals surface area contributed by atoms with Gasteiger partial charge in [-0.3, -0.25) is 0 Å². The fourth-order valence-electron chi connectivity index (χ4n) is 10.6. The molecule has 3 fully saturated rings. The summed E-state index contributed by atoms with van der Waals surface area (Å²) in [5.41, 5.74) is -0.918. The van der Waals surface area contributed by atoms with Gasteiger partial charge < -0.3 is 70.4 Å². The van der Waals surface area contributed by atoms with E-state index < -0.39 is 141 Å². The standard InChI is InChI=1S/C44H72N12O14/c1-42(2)27(18-57)36(62)33(54-14-25(46-50-54)11-8-12-26-16-56(52-48-26)35-38(64)29(20-59)44(5,6)70-32(22-61)41(35)67)39(65)30(68-42)17-53-13-23(45-49-53)9-7-10-24-15-55(51-47-24)34-37(63)28(19-58)43(3,4)69-31(21-60)40(34)66/h13-16,27-41,57-67H,7-12,17-22H2,1-6H3/t27-,28-,29-,30-,31-,32-,33+,34+,35+,36-,37-,38-,39+,40+,41+/m0/s1. The molecule has 11 N–H and O–H groups in total. The predicted molar refractivity (Wildman–Crippen MR) is 240 cm³/mol. The molecule has 392 valence electrons. The number of hydrogen-bond acceptors (Lipinski definition) is 22. The lowest BCUT2D eigenvalue weighted by Crippen LogP contribution is -2.45. The number of rotatable bonds is 18. The van der Waals surface area contributed by atoms with E-state index in [4.69, 9.17) is 14.2 Å². The second-order valence-corrected chi connectivity index (χ2v) is 20.6. The van der Waals surface area contributed by atoms with Crippen LogP contribution in [0.2, 0.25) is 0 Å². The van der Waals surface area contributed by atoms with Crippen LogP contribution in [0.25, 0.3) is 0 Å². The van der Waals surface area contributed by atoms with E-state index >= 15 is 0 Å². The van der Waals surface area contributed by atoms with Gasteiger partial charge in [-0.25, -0.2) is 18.7 Å². The first kappa shape index (κ1) is 53.8. The van der Waals surface area contributed by atoms with E-state index in [1.54, 1.807) is 66.3 Å². The molecule has 3 saturated heterocycles. The Bertz CT molecular complexity index is 2270. The largest absolute Gasteiger partial charge is 0.396 e. The third-order valence-corrected chi connectivity index (χ3v) is 14.7. The zero-order valence-electron chi connectivity index (χ0n) is 40.5. The number of nitrogens with zero attached hydrogens (tertiary/aromatic N) is 12. The lowest BCUT2D eigenvalue weighted by atomic mass is 9.83. The maximum atomic E-state index is 11.9. The van der Waals surface area contributed by atoms with Crippen molar-refractivity contribution in [3.8, 4) is 0 Å². The highest BCUT2D eigenvalue weighted by Crippen LogP contribution is 2.41. The third kappa shape index (κ3) is 11.1. The van der Waals surface area contributed by atoms with E-state index in [2.05, 4.69) is 41.2 Å². The Labute approximate surface area is 404 Å². The second-order valence-electron chi connectivity index (χ2n) is 20.6. The van der Waals surface area contributed by atoms with Crippen LogP contribution in [0.4, 0.5) is 0 Å². The Morgan fingerprint density at radius 2 is 0.714 bits per heavy atom. The number of ether oxygens (including phenoxy) is 3. The summed E-state index contributed by atoms with van der Waals surface area (Å²) in [5, 5.41) is 153. The van der Waals surface area contributed by atoms with E-state index in [-0.39, 0.29) is 6.54 Å². The average Bonchev–Trinajstić information content (AvgIpc) is 4.13. The molecular weight excluding hydrogens is 921 g/mol. The first-order valence-electron chi connectivity index (χ1n) is 24.0. The minimum absolute atomic E-state index is 0.0345. The minimum atomic E-state index is -1.36. The topological polar surface area (TPSA) is 373 Å². The quantitative estimate of drug-likeness (QED) is 0.0456. The zero-order chi connectivity index (χ0) is 50.9. The molecule has 4 aromatic rings. The summed E-state index contributed by atoms with van der Waals surface area (Å²) in [6, 6.07) is -3.19. The molecular formula is C44H72N12O14. The van der Waals surface area contributed by atoms with Crippen LogP contribution < -0.4 is 0 Å². The third-order valence-electron chi connectivity index (χ3n) is 14.7. The summed E-state index contributed by atoms with van der Waals surface area (Å²) in [4.78, 5) is 0. The van der Waals surface area contributed by atoms with Crippen molar-refractivity contribution in [1.82, 2.24) is 60.0 Å². The molecule has 0 spiro atoms. The first-order valence-corrected chi connectivity index (χ1v) is 24.0. The molecule has 7 heterocycles. The van der Waals surface area contributed by atoms with Gasteiger partial charge in [-0.05, 0) is 80.1 Å². The Morgan fingerprint density at radius 1 is 0.414 bits per heavy atom. The van der Waals surface area contributed by atoms with Gasteiger partial charge in [0.25, 0.3) is 0 Å². The van der Waals surface area contributed by atoms with Gasteiger partial charge in [-0.1, -0.05) is 20.9 Å². The predicted octanol–water partition coefficient (Wildman–Crippen LogP) is -3.77. The van der Waals surface area contributed by atoms with Crippen LogP contribution in [0.5, 0.6) is 0 Å². The maximum absolute atomic E-state index is 11.9. The van der Waals surface area contributed by atoms with Crippen LogP contribution in [0, 0.1) is 17.8 Å². The summed E-state index contributed by atoms with van der Waals surface area (Å²) < 4.78 is 23.9. The summed E-state index contributed by atoms with van der Waals surface area (Å²) in [6.07, 6.45) is -1.52. The lowest BCUT2D eigenvalue weighted by Gasteiger charge is -2.35. The van der Waals surface area contributed by atoms with E-state index in [1.165, 1.54) is 18.7 Å². The average molecular weight is 993 g/mol. The van der Waals surface area contributed by atoms with Crippen molar-refractivity contribution in [3.63, 3.8) is 0 Å². The van der Waals surface area contributed by atoms with Crippen LogP contribution in [-0.4, -0.2) is 221 Å². The monoisotopic (exact) mass is 993 g/mol. The Hall–Kier alpha value is -4.00. The van der Waals surface area contributed by atoms with Gasteiger partial charge in [0, 0.05) is 42.5 Å². The van der Waals surface area contributed by atoms with Gasteiger partial charge >= 0.3 is 0 Å². The van der Waals surface area contributed by atoms with Gasteiger partial charge in [0.15, 0.2) is 0 Å². The summed E-state index contributed by atoms with van der Waals surface area (Å²) in [5.74, 6) is -2.41. The van der Waals surface area contributed by atoms with E-state index in [0.29, 0.717) is 61.3 Å². The SMILES string of the molecule is CC1(C)O[C@@H](CO)[C@@H](O)[C@H](n2cc(CCCc3cn(C[C@@H]4OC(C)(C)[C@@H](CO)[C@H](O)[C@@H](n5cc(CCCc6cn([C@@H]7[C@@H](O)[C@H](CO)C(C)(C)O[C@@H](CO)[C@H]7O)nn6)nn5)[C@@H]4O)nn3)nn2)[C@@H](O)[C@@H]1CO. The minimum Gasteiger partial charge on any atom is -0.396 e. The van der Waals surface area contributed by atoms with E-state index in [0.717, 1.165) is 0 Å². The Balaban J connectivity index is 0.970. The molecule has 3 aliphatic heterocycles. The molecule has 0 saturated carbocycles. The molecule has 0 amide bonds. The first-order chi connectivity index (χ1) is 33.2. The smallest absolute Gasteiger partial charge is 0.109 e. The van der Waals surface area contributed by atoms with Crippen LogP contribution in [-0.2, 0) is 46.4 Å². The number of aliphatic hydroxyl groups excluding tert-OH is 11. The van der Waals surface area contributed by atoms with Crippen molar-refractivity contribution < 1.29 is 70.4 Å². The number of aromatic nitrogens is 12. The fourth-order valence-corrected chi connectivity index (χ4v) is 10.6. The second kappa shape index (κ2) is 22.0. The van der Waals surface area contributed by atoms with Crippen molar-refractivity contribution >= 4 is 0 Å². The van der Waals surface area contributed by atoms with Crippen LogP contribution in [0.3, 0.4) is 0 Å². The lowest BCUT2D eigenvalue weighted by molar-refractivity contribution is -0.151. The number of hydrogen-bond donors (Lipinski definition) is 11. The van der Waals surface area contributed by atoms with Gasteiger partial charge in [-0.2, -0.15) is 0 Å². The van der Waals surface area contributed by atoms with Crippen molar-refractivity contribution in [2.75, 3.05) is 33.0 Å². The molecule has 3 aliphatic rings. The number of aliphatic hydroxyl groups is 11. The molecule has 26 heteroatoms. The normalized spacial score (nSPS) is 34.5. The Morgan fingerprint density at radius 3 is 1.04 bits per heavy atom. The van der Waals surface area contributed by atoms with Gasteiger partial charge in [0.2, 0.25) is 0 Å². The van der Waals surface area contributed by atoms with Crippen LogP contribution >= 0.6 is 0 Å². The molecule has 0 bridgehead atoms.